The van der Waals surface area contributed by atoms with E-state index in [4.69, 9.17) is 7.85 Å². The van der Waals surface area contributed by atoms with E-state index in [2.05, 4.69) is 73.4 Å². The molecule has 0 amide bonds. The number of nitrogens with zero attached hydrogens (tertiary/aromatic N) is 1. The van der Waals surface area contributed by atoms with Gasteiger partial charge in [-0.1, -0.05) is 66.7 Å². The van der Waals surface area contributed by atoms with Crippen LogP contribution in [0.25, 0.3) is 33.2 Å². The van der Waals surface area contributed by atoms with E-state index in [1.54, 1.807) is 0 Å². The molecule has 0 aliphatic heterocycles. The zero-order valence-corrected chi connectivity index (χ0v) is 14.5. The van der Waals surface area contributed by atoms with Gasteiger partial charge >= 0.3 is 0 Å². The fraction of sp³-hybridized carbons (Fsp3) is 0.0870. The Balaban J connectivity index is 1.84. The largest absolute Gasteiger partial charge is 0.264 e. The molecule has 118 valence electrons. The van der Waals surface area contributed by atoms with E-state index in [0.29, 0.717) is 5.59 Å². The van der Waals surface area contributed by atoms with Gasteiger partial charge in [-0.25, -0.2) is 0 Å². The summed E-state index contributed by atoms with van der Waals surface area (Å²) < 4.78 is 0. The molecule has 2 heteroatoms. The summed E-state index contributed by atoms with van der Waals surface area (Å²) in [5.41, 5.74) is 7.68. The van der Waals surface area contributed by atoms with E-state index in [9.17, 15) is 0 Å². The molecule has 0 bridgehead atoms. The van der Waals surface area contributed by atoms with Crippen molar-refractivity contribution in [2.45, 2.75) is 13.8 Å². The van der Waals surface area contributed by atoms with Crippen LogP contribution in [0.4, 0.5) is 0 Å². The number of aryl methyl sites for hydroxylation is 2. The van der Waals surface area contributed by atoms with Gasteiger partial charge in [0.2, 0.25) is 0 Å². The molecule has 1 aromatic heterocycles. The molecule has 0 aliphatic rings. The van der Waals surface area contributed by atoms with Gasteiger partial charge in [-0.2, -0.15) is 0 Å². The molecule has 0 atom stereocenters. The quantitative estimate of drug-likeness (QED) is 0.475. The van der Waals surface area contributed by atoms with E-state index >= 15 is 0 Å². The van der Waals surface area contributed by atoms with Gasteiger partial charge in [0.1, 0.15) is 7.85 Å². The Kier molecular flexibility index (Phi) is 3.89. The highest BCUT2D eigenvalue weighted by Crippen LogP contribution is 2.31. The van der Waals surface area contributed by atoms with Crippen LogP contribution in [0.15, 0.2) is 72.8 Å². The van der Waals surface area contributed by atoms with Gasteiger partial charge < -0.3 is 0 Å². The lowest BCUT2D eigenvalue weighted by Gasteiger charge is -2.12. The van der Waals surface area contributed by atoms with Crippen molar-refractivity contribution >= 4 is 24.2 Å². The van der Waals surface area contributed by atoms with Crippen LogP contribution >= 0.6 is 0 Å². The molecular formula is C23H18BN. The molecule has 1 heterocycles. The third-order valence-electron chi connectivity index (χ3n) is 4.69. The summed E-state index contributed by atoms with van der Waals surface area (Å²) in [6, 6.07) is 25.2. The normalized spacial score (nSPS) is 11.0. The molecule has 0 saturated heterocycles. The molecule has 3 aromatic carbocycles. The lowest BCUT2D eigenvalue weighted by Crippen LogP contribution is -2.08. The second kappa shape index (κ2) is 6.21. The highest BCUT2D eigenvalue weighted by molar-refractivity contribution is 6.32. The number of benzene rings is 3. The summed E-state index contributed by atoms with van der Waals surface area (Å²) in [5, 5.41) is 2.24. The first-order chi connectivity index (χ1) is 12.1. The lowest BCUT2D eigenvalue weighted by atomic mass is 9.93. The molecule has 4 aromatic rings. The van der Waals surface area contributed by atoms with Crippen LogP contribution in [-0.4, -0.2) is 12.8 Å². The minimum absolute atomic E-state index is 0.549. The van der Waals surface area contributed by atoms with E-state index < -0.39 is 0 Å². The second-order valence-corrected chi connectivity index (χ2v) is 6.46. The first-order valence-corrected chi connectivity index (χ1v) is 8.46. The zero-order valence-electron chi connectivity index (χ0n) is 14.5. The number of rotatable bonds is 2. The summed E-state index contributed by atoms with van der Waals surface area (Å²) >= 11 is 0. The maximum absolute atomic E-state index is 6.01. The summed E-state index contributed by atoms with van der Waals surface area (Å²) in [6.07, 6.45) is 0. The van der Waals surface area contributed by atoms with Crippen LogP contribution in [0.5, 0.6) is 0 Å². The highest BCUT2D eigenvalue weighted by atomic mass is 14.7. The summed E-state index contributed by atoms with van der Waals surface area (Å²) in [5.74, 6) is 0. The van der Waals surface area contributed by atoms with E-state index in [1.807, 2.05) is 18.2 Å². The third kappa shape index (κ3) is 2.85. The van der Waals surface area contributed by atoms with Gasteiger partial charge in [-0.15, -0.1) is 0 Å². The van der Waals surface area contributed by atoms with Crippen LogP contribution in [0.1, 0.15) is 11.1 Å². The lowest BCUT2D eigenvalue weighted by molar-refractivity contribution is 1.37. The Bertz CT molecular complexity index is 1040. The van der Waals surface area contributed by atoms with Crippen molar-refractivity contribution in [1.82, 2.24) is 4.98 Å². The van der Waals surface area contributed by atoms with Crippen molar-refractivity contribution in [1.29, 1.82) is 0 Å². The summed E-state index contributed by atoms with van der Waals surface area (Å²) in [7, 11) is 6.01. The van der Waals surface area contributed by atoms with Crippen molar-refractivity contribution in [3.05, 3.63) is 83.9 Å². The molecule has 0 unspecified atom stereocenters. The molecule has 1 nitrogen and oxygen atoms in total. The Labute approximate surface area is 149 Å². The summed E-state index contributed by atoms with van der Waals surface area (Å²) in [6.45, 7) is 4.31. The van der Waals surface area contributed by atoms with Crippen molar-refractivity contribution in [3.8, 4) is 22.4 Å². The molecule has 0 aliphatic carbocycles. The standard InChI is InChI=1S/C23H18BN/c1-15-6-5-7-16(2)22(15)17-10-12-18(13-11-17)23-20-9-4-3-8-19(20)14-21(24)25-23/h3-14H,1-2H3. The number of fused-ring (bicyclic) bond motifs is 1. The van der Waals surface area contributed by atoms with Crippen LogP contribution in [0, 0.1) is 13.8 Å². The summed E-state index contributed by atoms with van der Waals surface area (Å²) in [4.78, 5) is 4.59. The maximum atomic E-state index is 6.01. The van der Waals surface area contributed by atoms with Crippen LogP contribution in [0.2, 0.25) is 0 Å². The average molecular weight is 319 g/mol. The predicted octanol–water partition coefficient (Wildman–Crippen LogP) is 4.98. The Morgan fingerprint density at radius 2 is 1.36 bits per heavy atom. The SMILES string of the molecule is [B]c1cc2ccccc2c(-c2ccc(-c3c(C)cccc3C)cc2)n1. The molecule has 0 spiro atoms. The monoisotopic (exact) mass is 319 g/mol. The fourth-order valence-corrected chi connectivity index (χ4v) is 3.50. The van der Waals surface area contributed by atoms with Crippen LogP contribution < -0.4 is 5.59 Å². The number of hydrogen-bond donors (Lipinski definition) is 0. The Morgan fingerprint density at radius 3 is 2.08 bits per heavy atom. The van der Waals surface area contributed by atoms with E-state index in [-0.39, 0.29) is 0 Å². The molecule has 0 fully saturated rings. The molecule has 4 rings (SSSR count). The fourth-order valence-electron chi connectivity index (χ4n) is 3.50. The zero-order chi connectivity index (χ0) is 17.4. The molecule has 0 saturated carbocycles. The van der Waals surface area contributed by atoms with Crippen molar-refractivity contribution < 1.29 is 0 Å². The Morgan fingerprint density at radius 1 is 0.720 bits per heavy atom. The predicted molar refractivity (Wildman–Crippen MR) is 107 cm³/mol. The van der Waals surface area contributed by atoms with Gasteiger partial charge in [0.25, 0.3) is 0 Å². The number of aromatic nitrogens is 1. The smallest absolute Gasteiger partial charge is 0.141 e. The van der Waals surface area contributed by atoms with Gasteiger partial charge in [0.15, 0.2) is 0 Å². The van der Waals surface area contributed by atoms with E-state index in [0.717, 1.165) is 22.0 Å². The molecule has 2 radical (unpaired) electrons. The molecule has 0 N–H and O–H groups in total. The Hall–Kier alpha value is -2.87. The maximum Gasteiger partial charge on any atom is 0.141 e. The third-order valence-corrected chi connectivity index (χ3v) is 4.69. The molecular weight excluding hydrogens is 301 g/mol. The van der Waals surface area contributed by atoms with Crippen molar-refractivity contribution in [3.63, 3.8) is 0 Å². The minimum atomic E-state index is 0.549. The highest BCUT2D eigenvalue weighted by Gasteiger charge is 2.09. The second-order valence-electron chi connectivity index (χ2n) is 6.46. The first kappa shape index (κ1) is 15.7. The van der Waals surface area contributed by atoms with E-state index in [1.165, 1.54) is 22.3 Å². The van der Waals surface area contributed by atoms with Crippen molar-refractivity contribution in [2.24, 2.45) is 0 Å². The number of hydrogen-bond acceptors (Lipinski definition) is 1. The topological polar surface area (TPSA) is 12.9 Å². The van der Waals surface area contributed by atoms with Crippen LogP contribution in [-0.2, 0) is 0 Å². The first-order valence-electron chi connectivity index (χ1n) is 8.46. The molecule has 25 heavy (non-hydrogen) atoms. The van der Waals surface area contributed by atoms with Gasteiger partial charge in [0, 0.05) is 10.9 Å². The van der Waals surface area contributed by atoms with Gasteiger partial charge in [-0.3, -0.25) is 4.98 Å². The van der Waals surface area contributed by atoms with Gasteiger partial charge in [0.05, 0.1) is 5.69 Å². The van der Waals surface area contributed by atoms with Crippen LogP contribution in [0.3, 0.4) is 0 Å². The van der Waals surface area contributed by atoms with Crippen molar-refractivity contribution in [2.75, 3.05) is 0 Å². The van der Waals surface area contributed by atoms with Gasteiger partial charge in [-0.05, 0) is 53.1 Å². The average Bonchev–Trinajstić information content (AvgIpc) is 2.61. The number of pyridine rings is 1. The minimum Gasteiger partial charge on any atom is -0.264 e.